The fourth-order valence-electron chi connectivity index (χ4n) is 3.29. The highest BCUT2D eigenvalue weighted by Crippen LogP contribution is 2.27. The highest BCUT2D eigenvalue weighted by Gasteiger charge is 2.28. The van der Waals surface area contributed by atoms with E-state index in [1.165, 1.54) is 10.6 Å². The molecule has 4 rings (SSSR count). The molecule has 0 aliphatic rings. The third-order valence-electron chi connectivity index (χ3n) is 4.61. The van der Waals surface area contributed by atoms with Gasteiger partial charge in [-0.05, 0) is 31.2 Å². The zero-order valence-corrected chi connectivity index (χ0v) is 16.0. The van der Waals surface area contributed by atoms with E-state index in [0.717, 1.165) is 0 Å². The number of nitrogens with zero attached hydrogens (tertiary/aromatic N) is 4. The summed E-state index contributed by atoms with van der Waals surface area (Å²) < 4.78 is 45.7. The van der Waals surface area contributed by atoms with E-state index in [1.807, 2.05) is 13.0 Å². The Bertz CT molecular complexity index is 1260. The molecule has 0 fully saturated rings. The van der Waals surface area contributed by atoms with Crippen LogP contribution in [0.3, 0.4) is 0 Å². The standard InChI is InChI=1S/C20H18F3N5O2/c1-2-27-18(29)13-7-3-5-9-15(13)28-17(25-26-19(27)28)11-24-14-8-4-6-10-16(14)30-12-20(21,22)23/h3-10,24H,2,11-12H2,1H3. The molecule has 0 amide bonds. The number of halogens is 3. The van der Waals surface area contributed by atoms with Gasteiger partial charge in [0, 0.05) is 6.54 Å². The van der Waals surface area contributed by atoms with Crippen LogP contribution in [0.5, 0.6) is 5.75 Å². The van der Waals surface area contributed by atoms with E-state index in [4.69, 9.17) is 4.74 Å². The van der Waals surface area contributed by atoms with Crippen molar-refractivity contribution in [2.45, 2.75) is 26.2 Å². The number of benzene rings is 2. The molecule has 0 atom stereocenters. The summed E-state index contributed by atoms with van der Waals surface area (Å²) in [4.78, 5) is 12.7. The Kier molecular flexibility index (Phi) is 5.06. The third kappa shape index (κ3) is 3.68. The van der Waals surface area contributed by atoms with Gasteiger partial charge in [-0.1, -0.05) is 24.3 Å². The average Bonchev–Trinajstić information content (AvgIpc) is 3.15. The molecule has 0 bridgehead atoms. The van der Waals surface area contributed by atoms with Gasteiger partial charge >= 0.3 is 6.18 Å². The predicted octanol–water partition coefficient (Wildman–Crippen LogP) is 3.62. The minimum Gasteiger partial charge on any atom is -0.482 e. The molecule has 2 aromatic heterocycles. The number of anilines is 1. The van der Waals surface area contributed by atoms with Crippen LogP contribution in [0.2, 0.25) is 0 Å². The van der Waals surface area contributed by atoms with Crippen LogP contribution >= 0.6 is 0 Å². The Morgan fingerprint density at radius 2 is 1.80 bits per heavy atom. The number of alkyl halides is 3. The van der Waals surface area contributed by atoms with Crippen molar-refractivity contribution in [1.29, 1.82) is 0 Å². The number of fused-ring (bicyclic) bond motifs is 3. The quantitative estimate of drug-likeness (QED) is 0.519. The van der Waals surface area contributed by atoms with E-state index in [9.17, 15) is 18.0 Å². The Labute approximate surface area is 168 Å². The number of aromatic nitrogens is 4. The van der Waals surface area contributed by atoms with Crippen LogP contribution in [-0.2, 0) is 13.1 Å². The van der Waals surface area contributed by atoms with Crippen LogP contribution in [0, 0.1) is 0 Å². The molecule has 0 spiro atoms. The number of nitrogens with one attached hydrogen (secondary N) is 1. The van der Waals surface area contributed by atoms with E-state index in [2.05, 4.69) is 15.5 Å². The largest absolute Gasteiger partial charge is 0.482 e. The molecular formula is C20H18F3N5O2. The van der Waals surface area contributed by atoms with Crippen molar-refractivity contribution in [3.05, 3.63) is 64.7 Å². The molecule has 0 saturated carbocycles. The fraction of sp³-hybridized carbons (Fsp3) is 0.250. The molecule has 7 nitrogen and oxygen atoms in total. The number of hydrogen-bond acceptors (Lipinski definition) is 5. The number of para-hydroxylation sites is 3. The molecule has 156 valence electrons. The first-order valence-corrected chi connectivity index (χ1v) is 9.27. The van der Waals surface area contributed by atoms with Gasteiger partial charge in [0.05, 0.1) is 23.1 Å². The highest BCUT2D eigenvalue weighted by molar-refractivity contribution is 5.80. The first-order valence-electron chi connectivity index (χ1n) is 9.27. The summed E-state index contributed by atoms with van der Waals surface area (Å²) in [6.45, 7) is 1.05. The maximum atomic E-state index is 12.7. The molecule has 2 aromatic carbocycles. The van der Waals surface area contributed by atoms with Gasteiger partial charge in [0.25, 0.3) is 5.56 Å². The second-order valence-electron chi connectivity index (χ2n) is 6.57. The third-order valence-corrected chi connectivity index (χ3v) is 4.61. The first-order chi connectivity index (χ1) is 14.4. The van der Waals surface area contributed by atoms with Crippen LogP contribution in [-0.4, -0.2) is 31.9 Å². The summed E-state index contributed by atoms with van der Waals surface area (Å²) >= 11 is 0. The molecular weight excluding hydrogens is 399 g/mol. The van der Waals surface area contributed by atoms with E-state index in [1.54, 1.807) is 40.8 Å². The van der Waals surface area contributed by atoms with Crippen molar-refractivity contribution in [3.63, 3.8) is 0 Å². The van der Waals surface area contributed by atoms with Gasteiger partial charge in [0.1, 0.15) is 5.75 Å². The van der Waals surface area contributed by atoms with E-state index in [0.29, 0.717) is 34.7 Å². The van der Waals surface area contributed by atoms with Gasteiger partial charge in [-0.2, -0.15) is 13.2 Å². The van der Waals surface area contributed by atoms with Crippen molar-refractivity contribution >= 4 is 22.4 Å². The monoisotopic (exact) mass is 417 g/mol. The number of ether oxygens (including phenoxy) is 1. The van der Waals surface area contributed by atoms with Gasteiger partial charge < -0.3 is 10.1 Å². The van der Waals surface area contributed by atoms with Crippen LogP contribution in [0.15, 0.2) is 53.3 Å². The van der Waals surface area contributed by atoms with Crippen molar-refractivity contribution in [3.8, 4) is 5.75 Å². The summed E-state index contributed by atoms with van der Waals surface area (Å²) in [5.41, 5.74) is 0.899. The van der Waals surface area contributed by atoms with Gasteiger partial charge in [-0.15, -0.1) is 10.2 Å². The average molecular weight is 417 g/mol. The Morgan fingerprint density at radius 1 is 1.07 bits per heavy atom. The van der Waals surface area contributed by atoms with Gasteiger partial charge in [-0.3, -0.25) is 13.8 Å². The normalized spacial score (nSPS) is 11.9. The lowest BCUT2D eigenvalue weighted by Crippen LogP contribution is -2.23. The smallest absolute Gasteiger partial charge is 0.422 e. The van der Waals surface area contributed by atoms with Crippen molar-refractivity contribution in [1.82, 2.24) is 19.2 Å². The maximum absolute atomic E-state index is 12.7. The van der Waals surface area contributed by atoms with E-state index in [-0.39, 0.29) is 17.9 Å². The second kappa shape index (κ2) is 7.69. The molecule has 10 heteroatoms. The van der Waals surface area contributed by atoms with Crippen molar-refractivity contribution in [2.75, 3.05) is 11.9 Å². The maximum Gasteiger partial charge on any atom is 0.422 e. The molecule has 0 saturated heterocycles. The highest BCUT2D eigenvalue weighted by atomic mass is 19.4. The molecule has 2 heterocycles. The zero-order valence-electron chi connectivity index (χ0n) is 16.0. The van der Waals surface area contributed by atoms with Crippen LogP contribution in [0.4, 0.5) is 18.9 Å². The SMILES string of the molecule is CCn1c(=O)c2ccccc2n2c(CNc3ccccc3OCC(F)(F)F)nnc12. The number of hydrogen-bond donors (Lipinski definition) is 1. The summed E-state index contributed by atoms with van der Waals surface area (Å²) in [6, 6.07) is 13.5. The van der Waals surface area contributed by atoms with Crippen LogP contribution < -0.4 is 15.6 Å². The molecule has 0 radical (unpaired) electrons. The zero-order chi connectivity index (χ0) is 21.3. The van der Waals surface area contributed by atoms with Crippen LogP contribution in [0.1, 0.15) is 12.7 Å². The summed E-state index contributed by atoms with van der Waals surface area (Å²) in [7, 11) is 0. The topological polar surface area (TPSA) is 73.5 Å². The molecule has 0 unspecified atom stereocenters. The summed E-state index contributed by atoms with van der Waals surface area (Å²) in [5.74, 6) is 0.993. The van der Waals surface area contributed by atoms with Crippen molar-refractivity contribution < 1.29 is 17.9 Å². The number of aryl methyl sites for hydroxylation is 1. The lowest BCUT2D eigenvalue weighted by Gasteiger charge is -2.14. The van der Waals surface area contributed by atoms with Crippen molar-refractivity contribution in [2.24, 2.45) is 0 Å². The van der Waals surface area contributed by atoms with Gasteiger partial charge in [0.15, 0.2) is 12.4 Å². The Morgan fingerprint density at radius 3 is 2.57 bits per heavy atom. The minimum absolute atomic E-state index is 0.0824. The summed E-state index contributed by atoms with van der Waals surface area (Å²) in [6.07, 6.45) is -4.43. The molecule has 0 aliphatic carbocycles. The molecule has 0 aliphatic heterocycles. The summed E-state index contributed by atoms with van der Waals surface area (Å²) in [5, 5.41) is 11.9. The lowest BCUT2D eigenvalue weighted by molar-refractivity contribution is -0.153. The number of rotatable bonds is 6. The van der Waals surface area contributed by atoms with E-state index < -0.39 is 12.8 Å². The Balaban J connectivity index is 1.70. The van der Waals surface area contributed by atoms with Gasteiger partial charge in [-0.25, -0.2) is 0 Å². The first kappa shape index (κ1) is 19.7. The fourth-order valence-corrected chi connectivity index (χ4v) is 3.29. The molecule has 1 N–H and O–H groups in total. The lowest BCUT2D eigenvalue weighted by atomic mass is 10.2. The molecule has 30 heavy (non-hydrogen) atoms. The van der Waals surface area contributed by atoms with E-state index >= 15 is 0 Å². The molecule has 4 aromatic rings. The Hall–Kier alpha value is -3.56. The van der Waals surface area contributed by atoms with Gasteiger partial charge in [0.2, 0.25) is 5.78 Å². The minimum atomic E-state index is -4.43. The van der Waals surface area contributed by atoms with Crippen LogP contribution in [0.25, 0.3) is 16.7 Å². The predicted molar refractivity (Wildman–Crippen MR) is 106 cm³/mol. The second-order valence-corrected chi connectivity index (χ2v) is 6.57.